The van der Waals surface area contributed by atoms with Gasteiger partial charge >= 0.3 is 0 Å². The van der Waals surface area contributed by atoms with Gasteiger partial charge in [0, 0.05) is 17.3 Å². The molecule has 2 aromatic rings. The Kier molecular flexibility index (Phi) is 3.89. The molecule has 4 nitrogen and oxygen atoms in total. The van der Waals surface area contributed by atoms with Crippen molar-refractivity contribution in [2.75, 3.05) is 11.1 Å². The van der Waals surface area contributed by atoms with Crippen LogP contribution >= 0.6 is 0 Å². The number of carbonyl (C=O) groups is 1. The monoisotopic (exact) mass is 337 g/mol. The van der Waals surface area contributed by atoms with Gasteiger partial charge in [-0.15, -0.1) is 0 Å². The van der Waals surface area contributed by atoms with Crippen molar-refractivity contribution in [2.45, 2.75) is 17.7 Å². The highest BCUT2D eigenvalue weighted by atomic mass is 32.2. The Morgan fingerprint density at radius 3 is 2.57 bits per heavy atom. The fourth-order valence-electron chi connectivity index (χ4n) is 2.56. The van der Waals surface area contributed by atoms with Gasteiger partial charge < -0.3 is 5.32 Å². The second-order valence-electron chi connectivity index (χ2n) is 5.33. The molecule has 1 aliphatic rings. The Labute approximate surface area is 132 Å². The summed E-state index contributed by atoms with van der Waals surface area (Å²) in [6.07, 6.45) is 1.10. The molecule has 1 heterocycles. The van der Waals surface area contributed by atoms with Gasteiger partial charge in [-0.3, -0.25) is 4.79 Å². The maximum Gasteiger partial charge on any atom is 0.255 e. The molecule has 23 heavy (non-hydrogen) atoms. The molecule has 0 atom stereocenters. The highest BCUT2D eigenvalue weighted by Gasteiger charge is 2.24. The maximum atomic E-state index is 13.1. The van der Waals surface area contributed by atoms with Crippen LogP contribution in [0.4, 0.5) is 14.5 Å². The number of anilines is 1. The SMILES string of the molecule is O=C(Nc1ccc(F)c(F)c1)c1ccc2c(c1)CCCS2(=O)=O. The van der Waals surface area contributed by atoms with Gasteiger partial charge in [-0.1, -0.05) is 0 Å². The van der Waals surface area contributed by atoms with Crippen molar-refractivity contribution in [3.05, 3.63) is 59.2 Å². The Balaban J connectivity index is 1.87. The van der Waals surface area contributed by atoms with Crippen molar-refractivity contribution >= 4 is 21.4 Å². The highest BCUT2D eigenvalue weighted by molar-refractivity contribution is 7.91. The second-order valence-corrected chi connectivity index (χ2v) is 7.41. The molecule has 120 valence electrons. The molecule has 0 unspecified atom stereocenters. The van der Waals surface area contributed by atoms with E-state index in [4.69, 9.17) is 0 Å². The number of nitrogens with one attached hydrogen (secondary N) is 1. The quantitative estimate of drug-likeness (QED) is 0.916. The molecule has 0 aliphatic carbocycles. The fraction of sp³-hybridized carbons (Fsp3) is 0.188. The Hall–Kier alpha value is -2.28. The molecule has 0 fully saturated rings. The van der Waals surface area contributed by atoms with Crippen molar-refractivity contribution in [3.8, 4) is 0 Å². The third-order valence-electron chi connectivity index (χ3n) is 3.69. The molecule has 0 bridgehead atoms. The predicted octanol–water partition coefficient (Wildman–Crippen LogP) is 2.94. The number of halogens is 2. The summed E-state index contributed by atoms with van der Waals surface area (Å²) in [5, 5.41) is 2.46. The third-order valence-corrected chi connectivity index (χ3v) is 5.59. The smallest absolute Gasteiger partial charge is 0.255 e. The molecular weight excluding hydrogens is 324 g/mol. The van der Waals surface area contributed by atoms with Crippen LogP contribution in [-0.4, -0.2) is 20.1 Å². The molecule has 2 aromatic carbocycles. The molecule has 0 aromatic heterocycles. The summed E-state index contributed by atoms with van der Waals surface area (Å²) < 4.78 is 49.9. The van der Waals surface area contributed by atoms with Crippen LogP contribution in [0.5, 0.6) is 0 Å². The summed E-state index contributed by atoms with van der Waals surface area (Å²) >= 11 is 0. The van der Waals surface area contributed by atoms with Crippen molar-refractivity contribution in [2.24, 2.45) is 0 Å². The lowest BCUT2D eigenvalue weighted by atomic mass is 10.1. The Morgan fingerprint density at radius 1 is 1.04 bits per heavy atom. The summed E-state index contributed by atoms with van der Waals surface area (Å²) in [5.41, 5.74) is 0.999. The van der Waals surface area contributed by atoms with Crippen molar-refractivity contribution < 1.29 is 22.0 Å². The zero-order valence-electron chi connectivity index (χ0n) is 12.0. The van der Waals surface area contributed by atoms with Crippen molar-refractivity contribution in [3.63, 3.8) is 0 Å². The van der Waals surface area contributed by atoms with Gasteiger partial charge in [-0.25, -0.2) is 17.2 Å². The van der Waals surface area contributed by atoms with Gasteiger partial charge in [0.25, 0.3) is 5.91 Å². The lowest BCUT2D eigenvalue weighted by Gasteiger charge is -2.17. The van der Waals surface area contributed by atoms with Gasteiger partial charge in [0.1, 0.15) is 0 Å². The summed E-state index contributed by atoms with van der Waals surface area (Å²) in [6, 6.07) is 7.42. The van der Waals surface area contributed by atoms with Gasteiger partial charge in [-0.05, 0) is 48.7 Å². The van der Waals surface area contributed by atoms with Crippen LogP contribution in [0.2, 0.25) is 0 Å². The molecule has 1 N–H and O–H groups in total. The van der Waals surface area contributed by atoms with E-state index in [-0.39, 0.29) is 21.9 Å². The number of amides is 1. The van der Waals surface area contributed by atoms with E-state index in [0.717, 1.165) is 12.1 Å². The first-order valence-corrected chi connectivity index (χ1v) is 8.64. The predicted molar refractivity (Wildman–Crippen MR) is 81.1 cm³/mol. The lowest BCUT2D eigenvalue weighted by molar-refractivity contribution is 0.102. The first-order chi connectivity index (χ1) is 10.9. The maximum absolute atomic E-state index is 13.1. The highest BCUT2D eigenvalue weighted by Crippen LogP contribution is 2.26. The van der Waals surface area contributed by atoms with Crippen LogP contribution < -0.4 is 5.32 Å². The molecule has 1 amide bonds. The number of hydrogen-bond donors (Lipinski definition) is 1. The van der Waals surface area contributed by atoms with E-state index in [1.165, 1.54) is 24.3 Å². The van der Waals surface area contributed by atoms with Gasteiger partial charge in [0.05, 0.1) is 10.6 Å². The average molecular weight is 337 g/mol. The topological polar surface area (TPSA) is 63.2 Å². The molecule has 1 aliphatic heterocycles. The first kappa shape index (κ1) is 15.6. The minimum Gasteiger partial charge on any atom is -0.322 e. The largest absolute Gasteiger partial charge is 0.322 e. The number of fused-ring (bicyclic) bond motifs is 1. The standard InChI is InChI=1S/C16H13F2NO3S/c17-13-5-4-12(9-14(13)18)19-16(20)11-3-6-15-10(8-11)2-1-7-23(15,21)22/h3-6,8-9H,1-2,7H2,(H,19,20). The molecular formula is C16H13F2NO3S. The van der Waals surface area contributed by atoms with E-state index in [2.05, 4.69) is 5.32 Å². The fourth-order valence-corrected chi connectivity index (χ4v) is 4.14. The molecule has 0 saturated heterocycles. The van der Waals surface area contributed by atoms with Gasteiger partial charge in [-0.2, -0.15) is 0 Å². The average Bonchev–Trinajstić information content (AvgIpc) is 2.50. The van der Waals surface area contributed by atoms with E-state index in [0.29, 0.717) is 18.4 Å². The van der Waals surface area contributed by atoms with E-state index < -0.39 is 27.4 Å². The molecule has 0 saturated carbocycles. The van der Waals surface area contributed by atoms with Gasteiger partial charge in [0.2, 0.25) is 0 Å². The first-order valence-electron chi connectivity index (χ1n) is 6.99. The zero-order chi connectivity index (χ0) is 16.6. The minimum absolute atomic E-state index is 0.112. The van der Waals surface area contributed by atoms with Crippen LogP contribution in [-0.2, 0) is 16.3 Å². The van der Waals surface area contributed by atoms with Crippen LogP contribution in [0.1, 0.15) is 22.3 Å². The van der Waals surface area contributed by atoms with Gasteiger partial charge in [0.15, 0.2) is 21.5 Å². The number of aryl methyl sites for hydroxylation is 1. The Morgan fingerprint density at radius 2 is 1.83 bits per heavy atom. The number of rotatable bonds is 2. The molecule has 0 spiro atoms. The third kappa shape index (κ3) is 3.10. The number of hydrogen-bond acceptors (Lipinski definition) is 3. The molecule has 3 rings (SSSR count). The zero-order valence-corrected chi connectivity index (χ0v) is 12.8. The number of benzene rings is 2. The summed E-state index contributed by atoms with van der Waals surface area (Å²) in [5.74, 6) is -2.46. The van der Waals surface area contributed by atoms with E-state index in [9.17, 15) is 22.0 Å². The van der Waals surface area contributed by atoms with Crippen molar-refractivity contribution in [1.29, 1.82) is 0 Å². The van der Waals surface area contributed by atoms with Crippen LogP contribution in [0.15, 0.2) is 41.3 Å². The van der Waals surface area contributed by atoms with E-state index in [1.54, 1.807) is 0 Å². The van der Waals surface area contributed by atoms with Crippen LogP contribution in [0.25, 0.3) is 0 Å². The normalized spacial score (nSPS) is 15.7. The minimum atomic E-state index is -3.28. The lowest BCUT2D eigenvalue weighted by Crippen LogP contribution is -2.18. The number of carbonyl (C=O) groups excluding carboxylic acids is 1. The molecule has 0 radical (unpaired) electrons. The van der Waals surface area contributed by atoms with E-state index in [1.807, 2.05) is 0 Å². The second kappa shape index (κ2) is 5.73. The van der Waals surface area contributed by atoms with Crippen LogP contribution in [0.3, 0.4) is 0 Å². The summed E-state index contributed by atoms with van der Waals surface area (Å²) in [6.45, 7) is 0. The van der Waals surface area contributed by atoms with Crippen LogP contribution in [0, 0.1) is 11.6 Å². The molecule has 7 heteroatoms. The van der Waals surface area contributed by atoms with E-state index >= 15 is 0 Å². The van der Waals surface area contributed by atoms with Crippen molar-refractivity contribution in [1.82, 2.24) is 0 Å². The summed E-state index contributed by atoms with van der Waals surface area (Å²) in [7, 11) is -3.28. The summed E-state index contributed by atoms with van der Waals surface area (Å²) in [4.78, 5) is 12.4. The number of sulfone groups is 1. The Bertz CT molecular complexity index is 894.